The Bertz CT molecular complexity index is 866. The van der Waals surface area contributed by atoms with Crippen LogP contribution in [-0.4, -0.2) is 50.0 Å². The zero-order valence-electron chi connectivity index (χ0n) is 24.5. The molecule has 0 radical (unpaired) electrons. The molecule has 0 fully saturated rings. The third kappa shape index (κ3) is 11.0. The predicted octanol–water partition coefficient (Wildman–Crippen LogP) is 5.14. The summed E-state index contributed by atoms with van der Waals surface area (Å²) >= 11 is 0. The molecule has 6 nitrogen and oxygen atoms in total. The molecule has 0 aliphatic rings. The minimum absolute atomic E-state index is 0.00531. The molecule has 0 amide bonds. The molecule has 0 aliphatic carbocycles. The fourth-order valence-corrected chi connectivity index (χ4v) is 4.19. The summed E-state index contributed by atoms with van der Waals surface area (Å²) in [6.07, 6.45) is 2.33. The SMILES string of the molecule is C=C/C(CNCC(C)(C)CNCc1cc(C(C)(C)C)cc(CNCC(C)(C)CNC)c1O)=C(/O)CC. The van der Waals surface area contributed by atoms with Crippen LogP contribution < -0.4 is 21.3 Å². The molecule has 6 N–H and O–H groups in total. The number of phenolic OH excluding ortho intramolecular Hbond substituents is 1. The van der Waals surface area contributed by atoms with Gasteiger partial charge < -0.3 is 31.5 Å². The lowest BCUT2D eigenvalue weighted by molar-refractivity contribution is 0.320. The maximum Gasteiger partial charge on any atom is 0.124 e. The van der Waals surface area contributed by atoms with Gasteiger partial charge in [0.1, 0.15) is 5.75 Å². The third-order valence-corrected chi connectivity index (χ3v) is 6.50. The molecule has 0 saturated carbocycles. The van der Waals surface area contributed by atoms with Gasteiger partial charge in [-0.25, -0.2) is 0 Å². The first kappa shape index (κ1) is 32.2. The summed E-state index contributed by atoms with van der Waals surface area (Å²) in [4.78, 5) is 0. The van der Waals surface area contributed by atoms with Crippen LogP contribution in [0.3, 0.4) is 0 Å². The van der Waals surface area contributed by atoms with E-state index in [-0.39, 0.29) is 16.2 Å². The Morgan fingerprint density at radius 2 is 1.33 bits per heavy atom. The number of aliphatic hydroxyl groups is 1. The second kappa shape index (κ2) is 14.2. The van der Waals surface area contributed by atoms with Crippen LogP contribution in [-0.2, 0) is 18.5 Å². The zero-order chi connectivity index (χ0) is 27.6. The van der Waals surface area contributed by atoms with E-state index in [0.717, 1.165) is 42.9 Å². The fourth-order valence-electron chi connectivity index (χ4n) is 4.19. The van der Waals surface area contributed by atoms with Gasteiger partial charge >= 0.3 is 0 Å². The van der Waals surface area contributed by atoms with Gasteiger partial charge in [0.25, 0.3) is 0 Å². The maximum absolute atomic E-state index is 11.1. The van der Waals surface area contributed by atoms with E-state index >= 15 is 0 Å². The van der Waals surface area contributed by atoms with Gasteiger partial charge in [0, 0.05) is 68.9 Å². The molecule has 0 saturated heterocycles. The van der Waals surface area contributed by atoms with Crippen molar-refractivity contribution in [3.63, 3.8) is 0 Å². The summed E-state index contributed by atoms with van der Waals surface area (Å²) in [7, 11) is 1.98. The van der Waals surface area contributed by atoms with Crippen LogP contribution in [0.5, 0.6) is 5.75 Å². The molecule has 0 atom stereocenters. The number of hydrogen-bond acceptors (Lipinski definition) is 6. The lowest BCUT2D eigenvalue weighted by Crippen LogP contribution is -2.38. The molecule has 0 spiro atoms. The fraction of sp³-hybridized carbons (Fsp3) is 0.667. The standard InChI is InChI=1S/C30H54N4O2/c1-11-22(26(35)12-2)15-32-20-30(8,9)21-34-17-24-14-25(28(3,4)5)13-23(27(24)36)16-33-19-29(6,7)18-31-10/h11,13-14,31-36H,1,12,15-21H2,2-10H3/b26-22-. The molecule has 1 rings (SSSR count). The van der Waals surface area contributed by atoms with E-state index in [1.807, 2.05) is 14.0 Å². The average molecular weight is 503 g/mol. The molecule has 0 heterocycles. The average Bonchev–Trinajstić information content (AvgIpc) is 2.77. The quantitative estimate of drug-likeness (QED) is 0.139. The van der Waals surface area contributed by atoms with Gasteiger partial charge in [0.2, 0.25) is 0 Å². The van der Waals surface area contributed by atoms with Crippen molar-refractivity contribution in [1.82, 2.24) is 21.3 Å². The molecule has 0 unspecified atom stereocenters. The summed E-state index contributed by atoms with van der Waals surface area (Å²) < 4.78 is 0. The molecule has 36 heavy (non-hydrogen) atoms. The molecular weight excluding hydrogens is 448 g/mol. The van der Waals surface area contributed by atoms with Crippen LogP contribution in [0.4, 0.5) is 0 Å². The van der Waals surface area contributed by atoms with Crippen molar-refractivity contribution in [3.8, 4) is 5.75 Å². The van der Waals surface area contributed by atoms with E-state index in [4.69, 9.17) is 0 Å². The Balaban J connectivity index is 2.85. The highest BCUT2D eigenvalue weighted by Gasteiger charge is 2.22. The molecule has 6 heteroatoms. The Labute approximate surface area is 221 Å². The van der Waals surface area contributed by atoms with Crippen LogP contribution in [0.15, 0.2) is 36.1 Å². The molecule has 0 aromatic heterocycles. The second-order valence-corrected chi connectivity index (χ2v) is 12.6. The van der Waals surface area contributed by atoms with Crippen LogP contribution >= 0.6 is 0 Å². The molecule has 0 bridgehead atoms. The van der Waals surface area contributed by atoms with Gasteiger partial charge in [-0.15, -0.1) is 0 Å². The minimum atomic E-state index is -0.00772. The summed E-state index contributed by atoms with van der Waals surface area (Å²) in [5.74, 6) is 0.764. The first-order valence-corrected chi connectivity index (χ1v) is 13.3. The molecule has 1 aromatic carbocycles. The number of allylic oxidation sites excluding steroid dienone is 1. The third-order valence-electron chi connectivity index (χ3n) is 6.50. The van der Waals surface area contributed by atoms with Gasteiger partial charge in [-0.2, -0.15) is 0 Å². The highest BCUT2D eigenvalue weighted by Crippen LogP contribution is 2.31. The summed E-state index contributed by atoms with van der Waals surface area (Å²) in [6, 6.07) is 4.28. The molecule has 206 valence electrons. The Morgan fingerprint density at radius 3 is 1.75 bits per heavy atom. The van der Waals surface area contributed by atoms with Crippen molar-refractivity contribution < 1.29 is 10.2 Å². The van der Waals surface area contributed by atoms with Crippen LogP contribution in [0.2, 0.25) is 0 Å². The molecule has 1 aromatic rings. The Hall–Kier alpha value is -1.86. The van der Waals surface area contributed by atoms with Crippen molar-refractivity contribution in [2.75, 3.05) is 39.8 Å². The van der Waals surface area contributed by atoms with Crippen molar-refractivity contribution in [2.45, 2.75) is 80.3 Å². The van der Waals surface area contributed by atoms with E-state index in [9.17, 15) is 10.2 Å². The number of benzene rings is 1. The van der Waals surface area contributed by atoms with Crippen LogP contribution in [0.1, 0.15) is 78.5 Å². The number of phenols is 1. The number of nitrogens with one attached hydrogen (secondary N) is 4. The highest BCUT2D eigenvalue weighted by molar-refractivity contribution is 5.45. The van der Waals surface area contributed by atoms with E-state index in [1.54, 1.807) is 6.08 Å². The van der Waals surface area contributed by atoms with Crippen LogP contribution in [0.25, 0.3) is 0 Å². The largest absolute Gasteiger partial charge is 0.512 e. The van der Waals surface area contributed by atoms with E-state index in [2.05, 4.69) is 88.4 Å². The number of rotatable bonds is 16. The molecular formula is C30H54N4O2. The Morgan fingerprint density at radius 1 is 0.861 bits per heavy atom. The zero-order valence-corrected chi connectivity index (χ0v) is 24.5. The number of aromatic hydroxyl groups is 1. The Kier molecular flexibility index (Phi) is 12.7. The highest BCUT2D eigenvalue weighted by atomic mass is 16.3. The van der Waals surface area contributed by atoms with Gasteiger partial charge in [-0.05, 0) is 28.9 Å². The first-order chi connectivity index (χ1) is 16.7. The normalized spacial score (nSPS) is 13.6. The second-order valence-electron chi connectivity index (χ2n) is 12.6. The lowest BCUT2D eigenvalue weighted by atomic mass is 9.84. The topological polar surface area (TPSA) is 88.6 Å². The van der Waals surface area contributed by atoms with E-state index < -0.39 is 0 Å². The van der Waals surface area contributed by atoms with Gasteiger partial charge in [0.05, 0.1) is 5.76 Å². The smallest absolute Gasteiger partial charge is 0.124 e. The monoisotopic (exact) mass is 502 g/mol. The van der Waals surface area contributed by atoms with E-state index in [0.29, 0.717) is 37.6 Å². The summed E-state index contributed by atoms with van der Waals surface area (Å²) in [6.45, 7) is 26.4. The lowest BCUT2D eigenvalue weighted by Gasteiger charge is -2.27. The van der Waals surface area contributed by atoms with Gasteiger partial charge in [-0.3, -0.25) is 0 Å². The van der Waals surface area contributed by atoms with Crippen molar-refractivity contribution in [3.05, 3.63) is 52.8 Å². The van der Waals surface area contributed by atoms with Crippen molar-refractivity contribution in [2.24, 2.45) is 10.8 Å². The van der Waals surface area contributed by atoms with Crippen molar-refractivity contribution >= 4 is 0 Å². The van der Waals surface area contributed by atoms with Gasteiger partial charge in [-0.1, -0.05) is 80.2 Å². The first-order valence-electron chi connectivity index (χ1n) is 13.3. The predicted molar refractivity (Wildman–Crippen MR) is 155 cm³/mol. The number of aliphatic hydroxyl groups excluding tert-OH is 1. The maximum atomic E-state index is 11.1. The minimum Gasteiger partial charge on any atom is -0.512 e. The van der Waals surface area contributed by atoms with Gasteiger partial charge in [0.15, 0.2) is 0 Å². The van der Waals surface area contributed by atoms with Crippen molar-refractivity contribution in [1.29, 1.82) is 0 Å². The summed E-state index contributed by atoms with van der Waals surface area (Å²) in [5.41, 5.74) is 4.07. The molecule has 0 aliphatic heterocycles. The summed E-state index contributed by atoms with van der Waals surface area (Å²) in [5, 5.41) is 34.9. The number of hydrogen-bond donors (Lipinski definition) is 6. The van der Waals surface area contributed by atoms with E-state index in [1.165, 1.54) is 5.56 Å². The van der Waals surface area contributed by atoms with Crippen LogP contribution in [0, 0.1) is 10.8 Å².